The van der Waals surface area contributed by atoms with Crippen LogP contribution in [0, 0.1) is 0 Å². The summed E-state index contributed by atoms with van der Waals surface area (Å²) in [5.74, 6) is 0.865. The minimum absolute atomic E-state index is 0.0144. The number of carbonyl (C=O) groups excluding carboxylic acids is 1. The van der Waals surface area contributed by atoms with Crippen molar-refractivity contribution in [1.82, 2.24) is 4.98 Å². The van der Waals surface area contributed by atoms with Crippen molar-refractivity contribution in [2.75, 3.05) is 17.2 Å². The van der Waals surface area contributed by atoms with Crippen molar-refractivity contribution in [3.05, 3.63) is 65.9 Å². The smallest absolute Gasteiger partial charge is 0.224 e. The molecule has 0 aliphatic heterocycles. The molecule has 0 unspecified atom stereocenters. The standard InChI is InChI=1S/C22H27N3O/c26-22(14-11-18-7-3-1-4-8-18)25-20-12-13-21(24-17-20)23-16-15-19-9-5-2-6-10-19/h1,3-4,7-9,12-13,17H,2,5-6,10-11,14-16H2,(H,23,24)(H,25,26). The van der Waals surface area contributed by atoms with Gasteiger partial charge in [-0.1, -0.05) is 42.0 Å². The summed E-state index contributed by atoms with van der Waals surface area (Å²) in [5.41, 5.74) is 3.48. The summed E-state index contributed by atoms with van der Waals surface area (Å²) in [5, 5.41) is 6.26. The summed E-state index contributed by atoms with van der Waals surface area (Å²) in [6, 6.07) is 13.9. The van der Waals surface area contributed by atoms with Crippen LogP contribution in [-0.2, 0) is 11.2 Å². The second-order valence-electron chi connectivity index (χ2n) is 6.75. The molecule has 2 aromatic rings. The van der Waals surface area contributed by atoms with E-state index in [4.69, 9.17) is 0 Å². The number of carbonyl (C=O) groups is 1. The molecule has 0 fully saturated rings. The first kappa shape index (κ1) is 18.2. The van der Waals surface area contributed by atoms with E-state index in [1.54, 1.807) is 11.8 Å². The molecule has 1 heterocycles. The molecule has 26 heavy (non-hydrogen) atoms. The highest BCUT2D eigenvalue weighted by Crippen LogP contribution is 2.20. The van der Waals surface area contributed by atoms with Crippen LogP contribution >= 0.6 is 0 Å². The van der Waals surface area contributed by atoms with Gasteiger partial charge in [-0.05, 0) is 56.2 Å². The first-order valence-electron chi connectivity index (χ1n) is 9.51. The van der Waals surface area contributed by atoms with E-state index in [-0.39, 0.29) is 5.91 Å². The lowest BCUT2D eigenvalue weighted by atomic mass is 9.97. The number of allylic oxidation sites excluding steroid dienone is 1. The molecular weight excluding hydrogens is 322 g/mol. The summed E-state index contributed by atoms with van der Waals surface area (Å²) >= 11 is 0. The molecule has 0 saturated carbocycles. The molecule has 1 aliphatic rings. The van der Waals surface area contributed by atoms with Gasteiger partial charge >= 0.3 is 0 Å². The molecule has 0 radical (unpaired) electrons. The highest BCUT2D eigenvalue weighted by atomic mass is 16.1. The van der Waals surface area contributed by atoms with Gasteiger partial charge in [0.2, 0.25) is 5.91 Å². The molecular formula is C22H27N3O. The van der Waals surface area contributed by atoms with Gasteiger partial charge in [0.15, 0.2) is 0 Å². The fourth-order valence-electron chi connectivity index (χ4n) is 3.18. The fourth-order valence-corrected chi connectivity index (χ4v) is 3.18. The van der Waals surface area contributed by atoms with Crippen LogP contribution in [0.2, 0.25) is 0 Å². The van der Waals surface area contributed by atoms with Gasteiger partial charge in [0.25, 0.3) is 0 Å². The zero-order valence-electron chi connectivity index (χ0n) is 15.2. The summed E-state index contributed by atoms with van der Waals surface area (Å²) < 4.78 is 0. The second-order valence-corrected chi connectivity index (χ2v) is 6.75. The predicted molar refractivity (Wildman–Crippen MR) is 107 cm³/mol. The number of aryl methyl sites for hydroxylation is 1. The van der Waals surface area contributed by atoms with Crippen molar-refractivity contribution in [2.24, 2.45) is 0 Å². The topological polar surface area (TPSA) is 54.0 Å². The number of anilines is 2. The van der Waals surface area contributed by atoms with Crippen LogP contribution in [0.5, 0.6) is 0 Å². The van der Waals surface area contributed by atoms with Crippen molar-refractivity contribution in [1.29, 1.82) is 0 Å². The van der Waals surface area contributed by atoms with Crippen molar-refractivity contribution in [3.8, 4) is 0 Å². The molecule has 0 bridgehead atoms. The third-order valence-electron chi connectivity index (χ3n) is 4.67. The lowest BCUT2D eigenvalue weighted by molar-refractivity contribution is -0.116. The lowest BCUT2D eigenvalue weighted by Gasteiger charge is -2.13. The SMILES string of the molecule is O=C(CCc1ccccc1)Nc1ccc(NCCC2=CCCCC2)nc1. The van der Waals surface area contributed by atoms with E-state index in [0.717, 1.165) is 30.9 Å². The summed E-state index contributed by atoms with van der Waals surface area (Å²) in [4.78, 5) is 16.4. The molecule has 1 aromatic carbocycles. The quantitative estimate of drug-likeness (QED) is 0.663. The van der Waals surface area contributed by atoms with E-state index in [1.165, 1.54) is 31.2 Å². The first-order chi connectivity index (χ1) is 12.8. The highest BCUT2D eigenvalue weighted by Gasteiger charge is 2.05. The number of amides is 1. The third-order valence-corrected chi connectivity index (χ3v) is 4.67. The van der Waals surface area contributed by atoms with Crippen LogP contribution in [0.1, 0.15) is 44.1 Å². The summed E-state index contributed by atoms with van der Waals surface area (Å²) in [6.45, 7) is 0.904. The Morgan fingerprint density at radius 1 is 1.04 bits per heavy atom. The largest absolute Gasteiger partial charge is 0.370 e. The minimum Gasteiger partial charge on any atom is -0.370 e. The Hall–Kier alpha value is -2.62. The summed E-state index contributed by atoms with van der Waals surface area (Å²) in [6.07, 6.45) is 11.5. The van der Waals surface area contributed by atoms with E-state index in [2.05, 4.69) is 21.7 Å². The average Bonchev–Trinajstić information content (AvgIpc) is 2.69. The van der Waals surface area contributed by atoms with E-state index in [9.17, 15) is 4.79 Å². The molecule has 1 aromatic heterocycles. The molecule has 4 nitrogen and oxygen atoms in total. The van der Waals surface area contributed by atoms with E-state index < -0.39 is 0 Å². The van der Waals surface area contributed by atoms with Gasteiger partial charge in [0, 0.05) is 13.0 Å². The van der Waals surface area contributed by atoms with Crippen LogP contribution in [0.4, 0.5) is 11.5 Å². The van der Waals surface area contributed by atoms with E-state index >= 15 is 0 Å². The molecule has 0 spiro atoms. The van der Waals surface area contributed by atoms with Crippen LogP contribution < -0.4 is 10.6 Å². The number of benzene rings is 1. The van der Waals surface area contributed by atoms with Gasteiger partial charge in [-0.2, -0.15) is 0 Å². The zero-order valence-corrected chi connectivity index (χ0v) is 15.2. The van der Waals surface area contributed by atoms with Gasteiger partial charge in [-0.25, -0.2) is 4.98 Å². The Morgan fingerprint density at radius 2 is 1.92 bits per heavy atom. The molecule has 1 aliphatic carbocycles. The Morgan fingerprint density at radius 3 is 2.65 bits per heavy atom. The number of aromatic nitrogens is 1. The number of hydrogen-bond acceptors (Lipinski definition) is 3. The normalized spacial score (nSPS) is 13.8. The monoisotopic (exact) mass is 349 g/mol. The third kappa shape index (κ3) is 6.03. The molecule has 1 amide bonds. The Balaban J connectivity index is 1.39. The molecule has 4 heteroatoms. The lowest BCUT2D eigenvalue weighted by Crippen LogP contribution is -2.13. The van der Waals surface area contributed by atoms with Crippen LogP contribution in [0.25, 0.3) is 0 Å². The van der Waals surface area contributed by atoms with Crippen LogP contribution in [-0.4, -0.2) is 17.4 Å². The van der Waals surface area contributed by atoms with Crippen LogP contribution in [0.15, 0.2) is 60.3 Å². The number of nitrogens with one attached hydrogen (secondary N) is 2. The average molecular weight is 349 g/mol. The highest BCUT2D eigenvalue weighted by molar-refractivity contribution is 5.90. The second kappa shape index (κ2) is 9.76. The van der Waals surface area contributed by atoms with Gasteiger partial charge in [-0.15, -0.1) is 0 Å². The van der Waals surface area contributed by atoms with E-state index in [1.807, 2.05) is 42.5 Å². The van der Waals surface area contributed by atoms with Gasteiger partial charge in [-0.3, -0.25) is 4.79 Å². The van der Waals surface area contributed by atoms with Crippen molar-refractivity contribution >= 4 is 17.4 Å². The maximum atomic E-state index is 12.1. The fraction of sp³-hybridized carbons (Fsp3) is 0.364. The molecule has 2 N–H and O–H groups in total. The number of pyridine rings is 1. The number of nitrogens with zero attached hydrogens (tertiary/aromatic N) is 1. The Kier molecular flexibility index (Phi) is 6.82. The minimum atomic E-state index is 0.0144. The van der Waals surface area contributed by atoms with Gasteiger partial charge in [0.05, 0.1) is 11.9 Å². The van der Waals surface area contributed by atoms with Crippen molar-refractivity contribution < 1.29 is 4.79 Å². The molecule has 0 atom stereocenters. The van der Waals surface area contributed by atoms with Crippen LogP contribution in [0.3, 0.4) is 0 Å². The summed E-state index contributed by atoms with van der Waals surface area (Å²) in [7, 11) is 0. The Bertz CT molecular complexity index is 723. The van der Waals surface area contributed by atoms with Gasteiger partial charge in [0.1, 0.15) is 5.82 Å². The molecule has 136 valence electrons. The van der Waals surface area contributed by atoms with Crippen molar-refractivity contribution in [2.45, 2.75) is 44.9 Å². The number of rotatable bonds is 8. The van der Waals surface area contributed by atoms with Crippen molar-refractivity contribution in [3.63, 3.8) is 0 Å². The van der Waals surface area contributed by atoms with E-state index in [0.29, 0.717) is 6.42 Å². The molecule has 3 rings (SSSR count). The first-order valence-corrected chi connectivity index (χ1v) is 9.51. The number of hydrogen-bond donors (Lipinski definition) is 2. The predicted octanol–water partition coefficient (Wildman–Crippen LogP) is 4.96. The molecule has 0 saturated heterocycles. The zero-order chi connectivity index (χ0) is 18.0. The Labute approximate surface area is 155 Å². The van der Waals surface area contributed by atoms with Gasteiger partial charge < -0.3 is 10.6 Å². The maximum absolute atomic E-state index is 12.1. The maximum Gasteiger partial charge on any atom is 0.224 e.